The summed E-state index contributed by atoms with van der Waals surface area (Å²) in [5, 5.41) is 5.25. The van der Waals surface area contributed by atoms with Crippen LogP contribution in [0, 0.1) is 11.8 Å². The van der Waals surface area contributed by atoms with Crippen LogP contribution in [-0.2, 0) is 6.42 Å². The predicted molar refractivity (Wildman–Crippen MR) is 181 cm³/mol. The molecular weight excluding hydrogens is 527 g/mol. The molecule has 1 nitrogen and oxygen atoms in total. The fourth-order valence-electron chi connectivity index (χ4n) is 7.79. The van der Waals surface area contributed by atoms with Crippen molar-refractivity contribution in [3.63, 3.8) is 0 Å². The molecule has 2 N–H and O–H groups in total. The molecule has 0 aromatic heterocycles. The third kappa shape index (κ3) is 3.65. The Hall–Kier alpha value is -4.27. The highest BCUT2D eigenvalue weighted by Gasteiger charge is 2.32. The van der Waals surface area contributed by atoms with Gasteiger partial charge in [-0.3, -0.25) is 0 Å². The van der Waals surface area contributed by atoms with Crippen molar-refractivity contribution in [2.24, 2.45) is 11.8 Å². The number of rotatable bonds is 4. The summed E-state index contributed by atoms with van der Waals surface area (Å²) in [7, 11) is 0. The molecule has 0 heterocycles. The van der Waals surface area contributed by atoms with Gasteiger partial charge in [-0.25, -0.2) is 0 Å². The van der Waals surface area contributed by atoms with Gasteiger partial charge >= 0.3 is 0 Å². The number of nitrogen functional groups attached to an aromatic ring is 1. The largest absolute Gasteiger partial charge is 0.397 e. The molecule has 0 aliphatic heterocycles. The molecule has 2 heteroatoms. The van der Waals surface area contributed by atoms with Gasteiger partial charge in [-0.2, -0.15) is 0 Å². The minimum atomic E-state index is 0.527. The Balaban J connectivity index is 0.941. The topological polar surface area (TPSA) is 26.0 Å². The van der Waals surface area contributed by atoms with Gasteiger partial charge in [0.2, 0.25) is 0 Å². The van der Waals surface area contributed by atoms with Gasteiger partial charge in [-0.1, -0.05) is 103 Å². The number of thioether (sulfide) groups is 1. The third-order valence-corrected chi connectivity index (χ3v) is 11.0. The van der Waals surface area contributed by atoms with E-state index < -0.39 is 0 Å². The summed E-state index contributed by atoms with van der Waals surface area (Å²) in [6.07, 6.45) is 15.5. The van der Waals surface area contributed by atoms with Crippen molar-refractivity contribution in [1.29, 1.82) is 0 Å². The van der Waals surface area contributed by atoms with Gasteiger partial charge in [0.15, 0.2) is 0 Å². The average Bonchev–Trinajstić information content (AvgIpc) is 3.58. The molecule has 4 aliphatic rings. The fraction of sp³-hybridized carbons (Fsp3) is 0.150. The van der Waals surface area contributed by atoms with Crippen molar-refractivity contribution < 1.29 is 0 Å². The molecule has 5 aromatic rings. The van der Waals surface area contributed by atoms with Crippen molar-refractivity contribution in [3.05, 3.63) is 143 Å². The molecule has 0 radical (unpaired) electrons. The molecule has 0 saturated carbocycles. The molecule has 2 atom stereocenters. The van der Waals surface area contributed by atoms with Crippen LogP contribution in [0.1, 0.15) is 35.1 Å². The van der Waals surface area contributed by atoms with Crippen LogP contribution < -0.4 is 5.73 Å². The van der Waals surface area contributed by atoms with E-state index in [0.717, 1.165) is 36.1 Å². The molecule has 9 rings (SSSR count). The molecule has 0 amide bonds. The van der Waals surface area contributed by atoms with Gasteiger partial charge in [-0.15, -0.1) is 11.8 Å². The van der Waals surface area contributed by atoms with E-state index in [2.05, 4.69) is 115 Å². The fourth-order valence-corrected chi connectivity index (χ4v) is 8.76. The van der Waals surface area contributed by atoms with Crippen LogP contribution in [0.2, 0.25) is 0 Å². The smallest absolute Gasteiger partial charge is 0.0532 e. The second kappa shape index (κ2) is 9.37. The summed E-state index contributed by atoms with van der Waals surface area (Å²) in [5.41, 5.74) is 20.6. The van der Waals surface area contributed by atoms with Crippen molar-refractivity contribution in [1.82, 2.24) is 0 Å². The van der Waals surface area contributed by atoms with Crippen molar-refractivity contribution in [2.75, 3.05) is 11.5 Å². The predicted octanol–water partition coefficient (Wildman–Crippen LogP) is 10.2. The zero-order chi connectivity index (χ0) is 27.8. The maximum atomic E-state index is 6.53. The van der Waals surface area contributed by atoms with Gasteiger partial charge in [0, 0.05) is 16.0 Å². The highest BCUT2D eigenvalue weighted by molar-refractivity contribution is 7.99. The molecule has 0 saturated heterocycles. The Kier molecular flexibility index (Phi) is 5.43. The Morgan fingerprint density at radius 3 is 2.50 bits per heavy atom. The summed E-state index contributed by atoms with van der Waals surface area (Å²) < 4.78 is 0. The number of fused-ring (bicyclic) bond motifs is 7. The standard InChI is InChI=1S/C40H31NS/c41-40-31-9-4-1-6-26(31)17-19-37(40)42-23-24-12-14-25(15-13-24)27-16-18-32-35(21-27)33-10-5-11-34-38-29(22-36(32)39(33)34)20-28-7-2-3-8-30(28)38/h1-14,16-19,22,25,27H,15,20-21,23,41H2. The minimum absolute atomic E-state index is 0.527. The van der Waals surface area contributed by atoms with Gasteiger partial charge in [-0.05, 0) is 109 Å². The monoisotopic (exact) mass is 557 g/mol. The zero-order valence-electron chi connectivity index (χ0n) is 23.4. The van der Waals surface area contributed by atoms with Gasteiger partial charge in [0.25, 0.3) is 0 Å². The van der Waals surface area contributed by atoms with E-state index in [1.165, 1.54) is 65.6 Å². The number of hydrogen-bond donors (Lipinski definition) is 1. The summed E-state index contributed by atoms with van der Waals surface area (Å²) >= 11 is 1.85. The first-order valence-corrected chi connectivity index (χ1v) is 16.1. The highest BCUT2D eigenvalue weighted by Crippen LogP contribution is 2.53. The number of nitrogens with two attached hydrogens (primary N) is 1. The average molecular weight is 558 g/mol. The van der Waals surface area contributed by atoms with Crippen LogP contribution in [0.15, 0.2) is 126 Å². The Morgan fingerprint density at radius 2 is 1.57 bits per heavy atom. The van der Waals surface area contributed by atoms with Crippen LogP contribution >= 0.6 is 11.8 Å². The van der Waals surface area contributed by atoms with E-state index in [0.29, 0.717) is 11.8 Å². The maximum absolute atomic E-state index is 6.53. The molecule has 4 aliphatic carbocycles. The van der Waals surface area contributed by atoms with Crippen LogP contribution in [0.5, 0.6) is 0 Å². The Bertz CT molecular complexity index is 2090. The lowest BCUT2D eigenvalue weighted by molar-refractivity contribution is 0.482. The first kappa shape index (κ1) is 24.3. The second-order valence-electron chi connectivity index (χ2n) is 12.2. The molecule has 42 heavy (non-hydrogen) atoms. The molecule has 0 fully saturated rings. The second-order valence-corrected chi connectivity index (χ2v) is 13.2. The van der Waals surface area contributed by atoms with E-state index >= 15 is 0 Å². The van der Waals surface area contributed by atoms with Crippen LogP contribution in [-0.4, -0.2) is 5.75 Å². The lowest BCUT2D eigenvalue weighted by Crippen LogP contribution is -2.15. The van der Waals surface area contributed by atoms with Gasteiger partial charge in [0.1, 0.15) is 0 Å². The van der Waals surface area contributed by atoms with E-state index in [1.807, 2.05) is 11.8 Å². The maximum Gasteiger partial charge on any atom is 0.0532 e. The first-order valence-electron chi connectivity index (χ1n) is 15.1. The van der Waals surface area contributed by atoms with E-state index in [-0.39, 0.29) is 0 Å². The number of hydrogen-bond acceptors (Lipinski definition) is 2. The SMILES string of the molecule is Nc1c(SCC2=CCC(C3C=CC4=C(C3)c3cccc5c6c(cc4c35)Cc3ccccc3-6)C=C2)ccc2ccccc12. The summed E-state index contributed by atoms with van der Waals surface area (Å²) in [6, 6.07) is 31.2. The summed E-state index contributed by atoms with van der Waals surface area (Å²) in [6.45, 7) is 0. The van der Waals surface area contributed by atoms with Crippen LogP contribution in [0.25, 0.3) is 43.8 Å². The normalized spacial score (nSPS) is 19.8. The van der Waals surface area contributed by atoms with Gasteiger partial charge in [0.05, 0.1) is 5.69 Å². The lowest BCUT2D eigenvalue weighted by atomic mass is 9.77. The number of allylic oxidation sites excluding steroid dienone is 7. The minimum Gasteiger partial charge on any atom is -0.397 e. The lowest BCUT2D eigenvalue weighted by Gasteiger charge is -2.27. The summed E-state index contributed by atoms with van der Waals surface area (Å²) in [4.78, 5) is 1.17. The van der Waals surface area contributed by atoms with Crippen molar-refractivity contribution in [3.8, 4) is 11.1 Å². The number of anilines is 1. The van der Waals surface area contributed by atoms with Crippen LogP contribution in [0.3, 0.4) is 0 Å². The van der Waals surface area contributed by atoms with Crippen molar-refractivity contribution >= 4 is 50.1 Å². The number of benzene rings is 5. The zero-order valence-corrected chi connectivity index (χ0v) is 24.3. The van der Waals surface area contributed by atoms with E-state index in [4.69, 9.17) is 5.73 Å². The molecule has 0 bridgehead atoms. The molecule has 0 spiro atoms. The molecular formula is C40H31NS. The summed E-state index contributed by atoms with van der Waals surface area (Å²) in [5.74, 6) is 2.01. The van der Waals surface area contributed by atoms with E-state index in [1.54, 1.807) is 5.57 Å². The van der Waals surface area contributed by atoms with Gasteiger partial charge < -0.3 is 5.73 Å². The molecule has 2 unspecified atom stereocenters. The Labute approximate surface area is 251 Å². The molecule has 202 valence electrons. The Morgan fingerprint density at radius 1 is 0.738 bits per heavy atom. The quantitative estimate of drug-likeness (QED) is 0.172. The molecule has 5 aromatic carbocycles. The third-order valence-electron chi connectivity index (χ3n) is 9.89. The van der Waals surface area contributed by atoms with E-state index in [9.17, 15) is 0 Å². The highest BCUT2D eigenvalue weighted by atomic mass is 32.2. The van der Waals surface area contributed by atoms with Crippen molar-refractivity contribution in [2.45, 2.75) is 24.2 Å². The first-order chi connectivity index (χ1) is 20.7. The van der Waals surface area contributed by atoms with Crippen LogP contribution in [0.4, 0.5) is 5.69 Å².